The van der Waals surface area contributed by atoms with E-state index in [1.165, 1.54) is 5.56 Å². The second-order valence-corrected chi connectivity index (χ2v) is 5.86. The molecule has 1 aliphatic heterocycles. The number of anilines is 1. The molecule has 0 radical (unpaired) electrons. The number of rotatable bonds is 4. The van der Waals surface area contributed by atoms with Gasteiger partial charge in [0.25, 0.3) is 0 Å². The lowest BCUT2D eigenvalue weighted by atomic mass is 10.0. The van der Waals surface area contributed by atoms with E-state index in [1.54, 1.807) is 17.0 Å². The van der Waals surface area contributed by atoms with Gasteiger partial charge in [-0.1, -0.05) is 35.9 Å². The van der Waals surface area contributed by atoms with Crippen LogP contribution in [0.4, 0.5) is 10.5 Å². The quantitative estimate of drug-likeness (QED) is 0.864. The van der Waals surface area contributed by atoms with Crippen LogP contribution in [0.3, 0.4) is 0 Å². The largest absolute Gasteiger partial charge is 0.492 e. The molecule has 0 spiro atoms. The number of para-hydroxylation sites is 1. The van der Waals surface area contributed by atoms with Crippen molar-refractivity contribution in [2.24, 2.45) is 0 Å². The lowest BCUT2D eigenvalue weighted by molar-refractivity contribution is 0.241. The molecule has 5 heteroatoms. The highest BCUT2D eigenvalue weighted by Crippen LogP contribution is 2.26. The molecule has 0 aliphatic carbocycles. The number of nitrogens with one attached hydrogen (secondary N) is 1. The summed E-state index contributed by atoms with van der Waals surface area (Å²) in [6.45, 7) is 1.60. The maximum Gasteiger partial charge on any atom is 0.321 e. The van der Waals surface area contributed by atoms with Crippen LogP contribution >= 0.6 is 11.6 Å². The molecule has 0 atom stereocenters. The second-order valence-electron chi connectivity index (χ2n) is 5.42. The Hall–Kier alpha value is -2.20. The van der Waals surface area contributed by atoms with Crippen molar-refractivity contribution in [1.82, 2.24) is 5.32 Å². The fourth-order valence-corrected chi connectivity index (χ4v) is 2.90. The van der Waals surface area contributed by atoms with E-state index in [-0.39, 0.29) is 6.03 Å². The van der Waals surface area contributed by atoms with Gasteiger partial charge in [-0.05, 0) is 42.7 Å². The Kier molecular flexibility index (Phi) is 5.03. The average molecular weight is 331 g/mol. The number of carbonyl (C=O) groups is 1. The summed E-state index contributed by atoms with van der Waals surface area (Å²) < 4.78 is 5.58. The zero-order chi connectivity index (χ0) is 16.1. The van der Waals surface area contributed by atoms with Gasteiger partial charge in [-0.3, -0.25) is 4.90 Å². The van der Waals surface area contributed by atoms with Crippen LogP contribution in [0.15, 0.2) is 48.5 Å². The van der Waals surface area contributed by atoms with Crippen LogP contribution in [0.1, 0.15) is 12.0 Å². The summed E-state index contributed by atoms with van der Waals surface area (Å²) in [5.74, 6) is 0.704. The van der Waals surface area contributed by atoms with Crippen molar-refractivity contribution in [1.29, 1.82) is 0 Å². The van der Waals surface area contributed by atoms with Crippen molar-refractivity contribution in [3.05, 3.63) is 59.1 Å². The van der Waals surface area contributed by atoms with Crippen molar-refractivity contribution in [3.63, 3.8) is 0 Å². The van der Waals surface area contributed by atoms with Crippen LogP contribution in [0.2, 0.25) is 5.02 Å². The minimum Gasteiger partial charge on any atom is -0.492 e. The molecule has 2 aromatic carbocycles. The van der Waals surface area contributed by atoms with Gasteiger partial charge in [-0.15, -0.1) is 0 Å². The molecule has 2 aromatic rings. The maximum absolute atomic E-state index is 12.4. The van der Waals surface area contributed by atoms with E-state index in [2.05, 4.69) is 11.4 Å². The zero-order valence-corrected chi connectivity index (χ0v) is 13.6. The van der Waals surface area contributed by atoms with E-state index in [0.29, 0.717) is 23.9 Å². The van der Waals surface area contributed by atoms with Crippen molar-refractivity contribution >= 4 is 23.3 Å². The Balaban J connectivity index is 1.50. The molecule has 120 valence electrons. The van der Waals surface area contributed by atoms with Crippen LogP contribution in [0.5, 0.6) is 5.75 Å². The number of carbonyl (C=O) groups excluding carboxylic acids is 1. The molecule has 0 unspecified atom stereocenters. The molecule has 0 aromatic heterocycles. The summed E-state index contributed by atoms with van der Waals surface area (Å²) in [6, 6.07) is 15.2. The summed E-state index contributed by atoms with van der Waals surface area (Å²) >= 11 is 5.90. The third kappa shape index (κ3) is 3.96. The molecule has 0 fully saturated rings. The number of halogens is 1. The molecule has 0 bridgehead atoms. The number of urea groups is 1. The summed E-state index contributed by atoms with van der Waals surface area (Å²) in [6.07, 6.45) is 2.02. The molecule has 2 amide bonds. The van der Waals surface area contributed by atoms with E-state index in [9.17, 15) is 4.79 Å². The molecule has 3 rings (SSSR count). The van der Waals surface area contributed by atoms with E-state index in [0.717, 1.165) is 25.1 Å². The number of hydrogen-bond donors (Lipinski definition) is 1. The van der Waals surface area contributed by atoms with Gasteiger partial charge in [-0.25, -0.2) is 4.79 Å². The third-order valence-corrected chi connectivity index (χ3v) is 4.03. The number of nitrogens with zero attached hydrogens (tertiary/aromatic N) is 1. The normalized spacial score (nSPS) is 13.3. The fraction of sp³-hybridized carbons (Fsp3) is 0.278. The lowest BCUT2D eigenvalue weighted by Gasteiger charge is -2.29. The van der Waals surface area contributed by atoms with E-state index in [4.69, 9.17) is 16.3 Å². The summed E-state index contributed by atoms with van der Waals surface area (Å²) in [7, 11) is 0. The first kappa shape index (κ1) is 15.7. The monoisotopic (exact) mass is 330 g/mol. The topological polar surface area (TPSA) is 41.6 Å². The van der Waals surface area contributed by atoms with Gasteiger partial charge >= 0.3 is 6.03 Å². The van der Waals surface area contributed by atoms with Gasteiger partial charge in [0.2, 0.25) is 0 Å². The van der Waals surface area contributed by atoms with Gasteiger partial charge in [0, 0.05) is 17.3 Å². The second kappa shape index (κ2) is 7.38. The van der Waals surface area contributed by atoms with Crippen molar-refractivity contribution in [2.45, 2.75) is 12.8 Å². The van der Waals surface area contributed by atoms with Crippen LogP contribution in [0, 0.1) is 0 Å². The van der Waals surface area contributed by atoms with Crippen molar-refractivity contribution in [3.8, 4) is 5.75 Å². The Morgan fingerprint density at radius 2 is 2.09 bits per heavy atom. The molecular weight excluding hydrogens is 312 g/mol. The number of fused-ring (bicyclic) bond motifs is 1. The maximum atomic E-state index is 12.4. The van der Waals surface area contributed by atoms with Crippen LogP contribution in [0.25, 0.3) is 0 Å². The highest BCUT2D eigenvalue weighted by molar-refractivity contribution is 6.30. The van der Waals surface area contributed by atoms with Gasteiger partial charge in [0.05, 0.1) is 6.54 Å². The molecule has 0 saturated carbocycles. The minimum absolute atomic E-state index is 0.0770. The minimum atomic E-state index is -0.0770. The number of ether oxygens (including phenoxy) is 1. The van der Waals surface area contributed by atoms with E-state index >= 15 is 0 Å². The molecular formula is C18H19ClN2O2. The first-order valence-electron chi connectivity index (χ1n) is 7.76. The summed E-state index contributed by atoms with van der Waals surface area (Å²) in [4.78, 5) is 14.2. The first-order valence-corrected chi connectivity index (χ1v) is 8.13. The Bertz CT molecular complexity index is 690. The molecule has 1 N–H and O–H groups in total. The molecule has 1 heterocycles. The third-order valence-electron chi connectivity index (χ3n) is 3.80. The van der Waals surface area contributed by atoms with Crippen molar-refractivity contribution < 1.29 is 9.53 Å². The average Bonchev–Trinajstić information content (AvgIpc) is 2.58. The fourth-order valence-electron chi connectivity index (χ4n) is 2.72. The number of amides is 2. The van der Waals surface area contributed by atoms with E-state index in [1.807, 2.05) is 30.3 Å². The molecule has 1 aliphatic rings. The zero-order valence-electron chi connectivity index (χ0n) is 12.8. The highest BCUT2D eigenvalue weighted by Gasteiger charge is 2.21. The molecule has 4 nitrogen and oxygen atoms in total. The van der Waals surface area contributed by atoms with Gasteiger partial charge < -0.3 is 10.1 Å². The Labute approximate surface area is 141 Å². The molecule has 23 heavy (non-hydrogen) atoms. The smallest absolute Gasteiger partial charge is 0.321 e. The Morgan fingerprint density at radius 1 is 1.22 bits per heavy atom. The van der Waals surface area contributed by atoms with Crippen LogP contribution in [-0.4, -0.2) is 25.7 Å². The number of benzene rings is 2. The number of hydrogen-bond acceptors (Lipinski definition) is 2. The van der Waals surface area contributed by atoms with Crippen molar-refractivity contribution in [2.75, 3.05) is 24.6 Å². The van der Waals surface area contributed by atoms with Gasteiger partial charge in [0.1, 0.15) is 12.4 Å². The Morgan fingerprint density at radius 3 is 2.96 bits per heavy atom. The van der Waals surface area contributed by atoms with Crippen LogP contribution < -0.4 is 15.0 Å². The summed E-state index contributed by atoms with van der Waals surface area (Å²) in [5.41, 5.74) is 2.23. The standard InChI is InChI=1S/C18H19ClN2O2/c19-15-7-3-8-16(13-15)23-12-10-20-18(22)21-11-4-6-14-5-1-2-9-17(14)21/h1-3,5,7-9,13H,4,6,10-12H2,(H,20,22). The van der Waals surface area contributed by atoms with Crippen LogP contribution in [-0.2, 0) is 6.42 Å². The lowest BCUT2D eigenvalue weighted by Crippen LogP contribution is -2.44. The first-order chi connectivity index (χ1) is 11.2. The molecule has 0 saturated heterocycles. The predicted molar refractivity (Wildman–Crippen MR) is 92.5 cm³/mol. The highest BCUT2D eigenvalue weighted by atomic mass is 35.5. The predicted octanol–water partition coefficient (Wildman–Crippen LogP) is 3.88. The SMILES string of the molecule is O=C(NCCOc1cccc(Cl)c1)N1CCCc2ccccc21. The van der Waals surface area contributed by atoms with Gasteiger partial charge in [0.15, 0.2) is 0 Å². The van der Waals surface area contributed by atoms with E-state index < -0.39 is 0 Å². The summed E-state index contributed by atoms with van der Waals surface area (Å²) in [5, 5.41) is 3.54. The van der Waals surface area contributed by atoms with Gasteiger partial charge in [-0.2, -0.15) is 0 Å². The number of aryl methyl sites for hydroxylation is 1.